The van der Waals surface area contributed by atoms with Crippen molar-refractivity contribution < 1.29 is 18.9 Å². The largest absolute Gasteiger partial charge is 0.360 e. The number of nitrogens with one attached hydrogen (secondary N) is 3. The molecule has 1 heterocycles. The highest BCUT2D eigenvalue weighted by atomic mass is 32.2. The molecule has 8 nitrogen and oxygen atoms in total. The van der Waals surface area contributed by atoms with Gasteiger partial charge < -0.3 is 9.84 Å². The smallest absolute Gasteiger partial charge is 0.269 e. The van der Waals surface area contributed by atoms with E-state index in [9.17, 15) is 14.4 Å². The lowest BCUT2D eigenvalue weighted by Gasteiger charge is -2.11. The molecule has 138 valence electrons. The quantitative estimate of drug-likeness (QED) is 0.663. The van der Waals surface area contributed by atoms with Crippen LogP contribution in [-0.4, -0.2) is 33.9 Å². The highest BCUT2D eigenvalue weighted by Crippen LogP contribution is 2.14. The number of nitrogens with zero attached hydrogens (tertiary/aromatic N) is 1. The lowest BCUT2D eigenvalue weighted by Crippen LogP contribution is -2.42. The number of thioether (sulfide) groups is 1. The fourth-order valence-electron chi connectivity index (χ4n) is 1.87. The summed E-state index contributed by atoms with van der Waals surface area (Å²) in [6.45, 7) is 5.31. The molecule has 2 aromatic rings. The number of hydrogen-bond donors (Lipinski definition) is 3. The van der Waals surface area contributed by atoms with Gasteiger partial charge in [-0.3, -0.25) is 25.2 Å². The van der Waals surface area contributed by atoms with Crippen molar-refractivity contribution in [3.05, 3.63) is 47.2 Å². The van der Waals surface area contributed by atoms with E-state index < -0.39 is 17.1 Å². The normalized spacial score (nSPS) is 11.5. The van der Waals surface area contributed by atoms with Crippen molar-refractivity contribution in [3.8, 4) is 0 Å². The van der Waals surface area contributed by atoms with Crippen LogP contribution in [0.2, 0.25) is 0 Å². The van der Waals surface area contributed by atoms with Gasteiger partial charge in [0.25, 0.3) is 5.91 Å². The molecule has 0 aliphatic rings. The van der Waals surface area contributed by atoms with Crippen molar-refractivity contribution >= 4 is 35.3 Å². The molecule has 9 heteroatoms. The molecule has 0 aliphatic carbocycles. The minimum absolute atomic E-state index is 0.0145. The third-order valence-corrected chi connectivity index (χ3v) is 4.49. The maximum atomic E-state index is 12.0. The fraction of sp³-hybridized carbons (Fsp3) is 0.294. The average Bonchev–Trinajstić information content (AvgIpc) is 3.02. The molecule has 0 spiro atoms. The molecule has 0 unspecified atom stereocenters. The van der Waals surface area contributed by atoms with Gasteiger partial charge in [0, 0.05) is 11.6 Å². The summed E-state index contributed by atoms with van der Waals surface area (Å²) in [7, 11) is 0. The van der Waals surface area contributed by atoms with Crippen LogP contribution in [0.1, 0.15) is 28.6 Å². The zero-order valence-corrected chi connectivity index (χ0v) is 15.5. The summed E-state index contributed by atoms with van der Waals surface area (Å²) in [4.78, 5) is 35.7. The summed E-state index contributed by atoms with van der Waals surface area (Å²) >= 11 is 1.13. The summed E-state index contributed by atoms with van der Waals surface area (Å²) in [5, 5.41) is 5.79. The number of carbonyl (C=O) groups is 3. The molecule has 0 saturated heterocycles. The highest BCUT2D eigenvalue weighted by molar-refractivity contribution is 8.01. The molecule has 0 saturated carbocycles. The Kier molecular flexibility index (Phi) is 6.79. The topological polar surface area (TPSA) is 113 Å². The Labute approximate surface area is 155 Å². The van der Waals surface area contributed by atoms with E-state index in [2.05, 4.69) is 21.3 Å². The van der Waals surface area contributed by atoms with Crippen LogP contribution in [0.5, 0.6) is 0 Å². The van der Waals surface area contributed by atoms with Gasteiger partial charge in [-0.15, -0.1) is 11.8 Å². The van der Waals surface area contributed by atoms with Crippen molar-refractivity contribution in [1.29, 1.82) is 0 Å². The first-order valence-electron chi connectivity index (χ1n) is 7.87. The zero-order valence-electron chi connectivity index (χ0n) is 14.7. The Morgan fingerprint density at radius 3 is 2.46 bits per heavy atom. The van der Waals surface area contributed by atoms with Gasteiger partial charge in [-0.05, 0) is 32.9 Å². The van der Waals surface area contributed by atoms with Gasteiger partial charge in [-0.2, -0.15) is 0 Å². The van der Waals surface area contributed by atoms with Gasteiger partial charge in [0.15, 0.2) is 5.82 Å². The second-order valence-electron chi connectivity index (χ2n) is 5.63. The van der Waals surface area contributed by atoms with Crippen LogP contribution >= 0.6 is 11.8 Å². The zero-order chi connectivity index (χ0) is 19.1. The summed E-state index contributed by atoms with van der Waals surface area (Å²) in [6, 6.07) is 8.56. The number of benzene rings is 1. The molecule has 0 bridgehead atoms. The maximum Gasteiger partial charge on any atom is 0.269 e. The van der Waals surface area contributed by atoms with E-state index in [1.165, 1.54) is 0 Å². The van der Waals surface area contributed by atoms with Crippen LogP contribution in [0.15, 0.2) is 34.9 Å². The van der Waals surface area contributed by atoms with E-state index in [-0.39, 0.29) is 11.7 Å². The van der Waals surface area contributed by atoms with Crippen molar-refractivity contribution in [1.82, 2.24) is 16.0 Å². The maximum absolute atomic E-state index is 12.0. The lowest BCUT2D eigenvalue weighted by molar-refractivity contribution is -0.119. The molecule has 3 N–H and O–H groups in total. The third-order valence-electron chi connectivity index (χ3n) is 3.34. The number of carbonyl (C=O) groups excluding carboxylic acids is 3. The van der Waals surface area contributed by atoms with Gasteiger partial charge >= 0.3 is 0 Å². The molecule has 0 aliphatic heterocycles. The van der Waals surface area contributed by atoms with Gasteiger partial charge in [0.2, 0.25) is 11.8 Å². The first-order valence-corrected chi connectivity index (χ1v) is 8.91. The minimum atomic E-state index is -0.481. The molecule has 1 aromatic heterocycles. The van der Waals surface area contributed by atoms with Crippen molar-refractivity contribution in [2.75, 3.05) is 11.1 Å². The summed E-state index contributed by atoms with van der Waals surface area (Å²) < 4.78 is 4.86. The molecular weight excluding hydrogens is 356 g/mol. The van der Waals surface area contributed by atoms with Crippen LogP contribution in [-0.2, 0) is 9.59 Å². The molecule has 2 rings (SSSR count). The van der Waals surface area contributed by atoms with Crippen LogP contribution in [0.25, 0.3) is 0 Å². The number of hydrazine groups is 1. The first kappa shape index (κ1) is 19.5. The predicted octanol–water partition coefficient (Wildman–Crippen LogP) is 1.81. The average molecular weight is 376 g/mol. The molecular formula is C17H20N4O4S. The second kappa shape index (κ2) is 9.04. The number of amides is 3. The van der Waals surface area contributed by atoms with E-state index >= 15 is 0 Å². The Bertz CT molecular complexity index is 788. The minimum Gasteiger partial charge on any atom is -0.360 e. The Morgan fingerprint density at radius 2 is 1.85 bits per heavy atom. The standard InChI is InChI=1S/C17H20N4O4S/c1-10-4-6-13(7-5-10)17(24)20-19-15(22)9-26-12(3)16(23)18-14-8-11(2)25-21-14/h4-8,12H,9H2,1-3H3,(H,19,22)(H,20,24)(H,18,21,23)/t12-/m1/s1. The van der Waals surface area contributed by atoms with Gasteiger partial charge in [0.05, 0.1) is 11.0 Å². The van der Waals surface area contributed by atoms with Crippen molar-refractivity contribution in [2.24, 2.45) is 0 Å². The van der Waals surface area contributed by atoms with E-state index in [1.54, 1.807) is 32.0 Å². The van der Waals surface area contributed by atoms with Crippen LogP contribution < -0.4 is 16.2 Å². The number of rotatable bonds is 6. The van der Waals surface area contributed by atoms with E-state index in [0.717, 1.165) is 17.3 Å². The Morgan fingerprint density at radius 1 is 1.15 bits per heavy atom. The SMILES string of the molecule is Cc1ccc(C(=O)NNC(=O)CS[C@H](C)C(=O)Nc2cc(C)on2)cc1. The Balaban J connectivity index is 1.71. The molecule has 1 atom stereocenters. The monoisotopic (exact) mass is 376 g/mol. The van der Waals surface area contributed by atoms with Gasteiger partial charge in [-0.25, -0.2) is 0 Å². The molecule has 1 aromatic carbocycles. The molecule has 3 amide bonds. The highest BCUT2D eigenvalue weighted by Gasteiger charge is 2.17. The molecule has 0 fully saturated rings. The number of anilines is 1. The second-order valence-corrected chi connectivity index (χ2v) is 6.96. The summed E-state index contributed by atoms with van der Waals surface area (Å²) in [5.74, 6) is -0.178. The van der Waals surface area contributed by atoms with Gasteiger partial charge in [-0.1, -0.05) is 22.9 Å². The van der Waals surface area contributed by atoms with Crippen LogP contribution in [0.4, 0.5) is 5.82 Å². The number of aryl methyl sites for hydroxylation is 2. The third kappa shape index (κ3) is 5.92. The Hall–Kier alpha value is -2.81. The van der Waals surface area contributed by atoms with Crippen LogP contribution in [0.3, 0.4) is 0 Å². The van der Waals surface area contributed by atoms with Crippen molar-refractivity contribution in [3.63, 3.8) is 0 Å². The van der Waals surface area contributed by atoms with E-state index in [0.29, 0.717) is 17.1 Å². The van der Waals surface area contributed by atoms with E-state index in [4.69, 9.17) is 4.52 Å². The summed E-state index contributed by atoms with van der Waals surface area (Å²) in [5.41, 5.74) is 6.14. The molecule has 0 radical (unpaired) electrons. The van der Waals surface area contributed by atoms with Crippen molar-refractivity contribution in [2.45, 2.75) is 26.0 Å². The summed E-state index contributed by atoms with van der Waals surface area (Å²) in [6.07, 6.45) is 0. The van der Waals surface area contributed by atoms with Gasteiger partial charge in [0.1, 0.15) is 5.76 Å². The fourth-order valence-corrected chi connectivity index (χ4v) is 2.55. The lowest BCUT2D eigenvalue weighted by atomic mass is 10.1. The van der Waals surface area contributed by atoms with E-state index in [1.807, 2.05) is 19.1 Å². The predicted molar refractivity (Wildman–Crippen MR) is 98.6 cm³/mol. The van der Waals surface area contributed by atoms with Crippen LogP contribution in [0, 0.1) is 13.8 Å². The number of aromatic nitrogens is 1. The number of hydrogen-bond acceptors (Lipinski definition) is 6. The molecule has 26 heavy (non-hydrogen) atoms. The first-order chi connectivity index (χ1) is 12.3.